The van der Waals surface area contributed by atoms with Crippen LogP contribution in [0.25, 0.3) is 0 Å². The highest BCUT2D eigenvalue weighted by molar-refractivity contribution is 7.89. The zero-order valence-electron chi connectivity index (χ0n) is 13.7. The van der Waals surface area contributed by atoms with Gasteiger partial charge in [-0.25, -0.2) is 13.1 Å². The maximum atomic E-state index is 12.6. The minimum absolute atomic E-state index is 0.414. The van der Waals surface area contributed by atoms with Crippen LogP contribution in [-0.4, -0.2) is 20.5 Å². The zero-order valence-corrected chi connectivity index (χ0v) is 15.4. The molecule has 2 N–H and O–H groups in total. The van der Waals surface area contributed by atoms with Gasteiger partial charge in [-0.15, -0.1) is 11.3 Å². The molecule has 4 nitrogen and oxygen atoms in total. The van der Waals surface area contributed by atoms with E-state index in [1.54, 1.807) is 17.4 Å². The summed E-state index contributed by atoms with van der Waals surface area (Å²) < 4.78 is 28.0. The van der Waals surface area contributed by atoms with Gasteiger partial charge in [0.2, 0.25) is 10.0 Å². The van der Waals surface area contributed by atoms with Crippen molar-refractivity contribution in [2.45, 2.75) is 70.9 Å². The molecule has 0 amide bonds. The van der Waals surface area contributed by atoms with Crippen LogP contribution in [0.2, 0.25) is 0 Å². The molecule has 21 heavy (non-hydrogen) atoms. The fourth-order valence-corrected chi connectivity index (χ4v) is 5.41. The summed E-state index contributed by atoms with van der Waals surface area (Å²) in [6, 6.07) is 1.80. The van der Waals surface area contributed by atoms with Crippen molar-refractivity contribution in [2.75, 3.05) is 6.54 Å². The van der Waals surface area contributed by atoms with Gasteiger partial charge in [-0.1, -0.05) is 20.3 Å². The van der Waals surface area contributed by atoms with Crippen molar-refractivity contribution in [2.24, 2.45) is 0 Å². The summed E-state index contributed by atoms with van der Waals surface area (Å²) in [5.41, 5.74) is -0.414. The van der Waals surface area contributed by atoms with Gasteiger partial charge >= 0.3 is 0 Å². The fourth-order valence-electron chi connectivity index (χ4n) is 2.36. The third-order valence-corrected chi connectivity index (χ3v) is 6.23. The zero-order chi connectivity index (χ0) is 16.1. The standard InChI is InChI=1S/C15H28N2O2S2/c1-6-8-15(4,5)17-21(18,19)14-10-13(20-12(14)3)11-16-9-7-2/h10,16-17H,6-9,11H2,1-5H3. The molecule has 0 fully saturated rings. The Balaban J connectivity index is 2.88. The van der Waals surface area contributed by atoms with E-state index in [0.717, 1.165) is 42.1 Å². The van der Waals surface area contributed by atoms with Gasteiger partial charge in [0.25, 0.3) is 0 Å². The van der Waals surface area contributed by atoms with Crippen molar-refractivity contribution in [3.8, 4) is 0 Å². The SMILES string of the molecule is CCCNCc1cc(S(=O)(=O)NC(C)(C)CCC)c(C)s1. The first-order chi connectivity index (χ1) is 9.72. The van der Waals surface area contributed by atoms with Gasteiger partial charge in [0.15, 0.2) is 0 Å². The van der Waals surface area contributed by atoms with Gasteiger partial charge in [-0.3, -0.25) is 0 Å². The molecule has 0 aliphatic rings. The maximum absolute atomic E-state index is 12.6. The van der Waals surface area contributed by atoms with Crippen LogP contribution in [0.4, 0.5) is 0 Å². The van der Waals surface area contributed by atoms with E-state index in [1.807, 2.05) is 20.8 Å². The molecule has 122 valence electrons. The van der Waals surface area contributed by atoms with Crippen molar-refractivity contribution in [3.05, 3.63) is 15.8 Å². The predicted octanol–water partition coefficient (Wildman–Crippen LogP) is 3.41. The summed E-state index contributed by atoms with van der Waals surface area (Å²) >= 11 is 1.55. The van der Waals surface area contributed by atoms with E-state index in [2.05, 4.69) is 23.9 Å². The second-order valence-electron chi connectivity index (χ2n) is 6.05. The van der Waals surface area contributed by atoms with Crippen molar-refractivity contribution < 1.29 is 8.42 Å². The van der Waals surface area contributed by atoms with E-state index in [4.69, 9.17) is 0 Å². The number of nitrogens with one attached hydrogen (secondary N) is 2. The van der Waals surface area contributed by atoms with Gasteiger partial charge < -0.3 is 5.32 Å². The van der Waals surface area contributed by atoms with Crippen molar-refractivity contribution >= 4 is 21.4 Å². The summed E-state index contributed by atoms with van der Waals surface area (Å²) in [5, 5.41) is 3.31. The number of aryl methyl sites for hydroxylation is 1. The van der Waals surface area contributed by atoms with E-state index < -0.39 is 15.6 Å². The highest BCUT2D eigenvalue weighted by Gasteiger charge is 2.27. The summed E-state index contributed by atoms with van der Waals surface area (Å²) in [6.07, 6.45) is 2.84. The molecule has 0 saturated carbocycles. The van der Waals surface area contributed by atoms with Gasteiger partial charge in [0.05, 0.1) is 4.90 Å². The van der Waals surface area contributed by atoms with Crippen LogP contribution < -0.4 is 10.0 Å². The lowest BCUT2D eigenvalue weighted by Gasteiger charge is -2.25. The van der Waals surface area contributed by atoms with Crippen LogP contribution >= 0.6 is 11.3 Å². The van der Waals surface area contributed by atoms with Crippen molar-refractivity contribution in [3.63, 3.8) is 0 Å². The molecule has 1 rings (SSSR count). The monoisotopic (exact) mass is 332 g/mol. The molecule has 0 bridgehead atoms. The van der Waals surface area contributed by atoms with Gasteiger partial charge in [-0.2, -0.15) is 0 Å². The van der Waals surface area contributed by atoms with E-state index >= 15 is 0 Å². The fraction of sp³-hybridized carbons (Fsp3) is 0.733. The number of hydrogen-bond donors (Lipinski definition) is 2. The van der Waals surface area contributed by atoms with Crippen LogP contribution in [0.5, 0.6) is 0 Å². The third kappa shape index (κ3) is 5.70. The van der Waals surface area contributed by atoms with Crippen LogP contribution in [0.1, 0.15) is 56.7 Å². The number of sulfonamides is 1. The first-order valence-corrected chi connectivity index (χ1v) is 9.86. The van der Waals surface area contributed by atoms with Gasteiger partial charge in [0.1, 0.15) is 0 Å². The summed E-state index contributed by atoms with van der Waals surface area (Å²) in [6.45, 7) is 11.6. The predicted molar refractivity (Wildman–Crippen MR) is 90.4 cm³/mol. The van der Waals surface area contributed by atoms with Crippen LogP contribution in [-0.2, 0) is 16.6 Å². The Labute approximate surface area is 133 Å². The minimum Gasteiger partial charge on any atom is -0.312 e. The quantitative estimate of drug-likeness (QED) is 0.681. The number of thiophene rings is 1. The smallest absolute Gasteiger partial charge is 0.242 e. The van der Waals surface area contributed by atoms with E-state index in [1.165, 1.54) is 0 Å². The van der Waals surface area contributed by atoms with E-state index in [9.17, 15) is 8.42 Å². The minimum atomic E-state index is -3.45. The van der Waals surface area contributed by atoms with Crippen LogP contribution in [0.15, 0.2) is 11.0 Å². The lowest BCUT2D eigenvalue weighted by molar-refractivity contribution is 0.417. The van der Waals surface area contributed by atoms with Gasteiger partial charge in [0, 0.05) is 21.8 Å². The molecular weight excluding hydrogens is 304 g/mol. The Morgan fingerprint density at radius 3 is 2.48 bits per heavy atom. The first kappa shape index (κ1) is 18.6. The topological polar surface area (TPSA) is 58.2 Å². The molecular formula is C15H28N2O2S2. The molecule has 0 unspecified atom stereocenters. The second-order valence-corrected chi connectivity index (χ2v) is 9.04. The highest BCUT2D eigenvalue weighted by atomic mass is 32.2. The molecule has 0 spiro atoms. The third-order valence-electron chi connectivity index (χ3n) is 3.22. The molecule has 0 aromatic carbocycles. The molecule has 0 aliphatic carbocycles. The number of rotatable bonds is 9. The Kier molecular flexibility index (Phi) is 6.84. The lowest BCUT2D eigenvalue weighted by Crippen LogP contribution is -2.43. The summed E-state index contributed by atoms with van der Waals surface area (Å²) in [4.78, 5) is 2.34. The second kappa shape index (κ2) is 7.72. The molecule has 6 heteroatoms. The summed E-state index contributed by atoms with van der Waals surface area (Å²) in [5.74, 6) is 0. The van der Waals surface area contributed by atoms with Gasteiger partial charge in [-0.05, 0) is 46.2 Å². The molecule has 0 saturated heterocycles. The lowest BCUT2D eigenvalue weighted by atomic mass is 10.0. The van der Waals surface area contributed by atoms with E-state index in [0.29, 0.717) is 4.90 Å². The Morgan fingerprint density at radius 1 is 1.24 bits per heavy atom. The number of hydrogen-bond acceptors (Lipinski definition) is 4. The normalized spacial score (nSPS) is 12.8. The molecule has 0 atom stereocenters. The molecule has 0 aliphatic heterocycles. The maximum Gasteiger partial charge on any atom is 0.242 e. The van der Waals surface area contributed by atoms with Crippen molar-refractivity contribution in [1.82, 2.24) is 10.0 Å². The van der Waals surface area contributed by atoms with Crippen molar-refractivity contribution in [1.29, 1.82) is 0 Å². The average molecular weight is 333 g/mol. The largest absolute Gasteiger partial charge is 0.312 e. The Morgan fingerprint density at radius 2 is 1.90 bits per heavy atom. The average Bonchev–Trinajstić information content (AvgIpc) is 2.70. The van der Waals surface area contributed by atoms with Crippen LogP contribution in [0.3, 0.4) is 0 Å². The van der Waals surface area contributed by atoms with Crippen LogP contribution in [0, 0.1) is 6.92 Å². The Hall–Kier alpha value is -0.430. The molecule has 1 heterocycles. The molecule has 1 aromatic rings. The van der Waals surface area contributed by atoms with E-state index in [-0.39, 0.29) is 0 Å². The summed E-state index contributed by atoms with van der Waals surface area (Å²) in [7, 11) is -3.45. The molecule has 1 aromatic heterocycles. The highest BCUT2D eigenvalue weighted by Crippen LogP contribution is 2.27. The molecule has 0 radical (unpaired) electrons. The first-order valence-electron chi connectivity index (χ1n) is 7.56. The Bertz CT molecular complexity index is 548.